The third-order valence-corrected chi connectivity index (χ3v) is 5.38. The second kappa shape index (κ2) is 7.78. The van der Waals surface area contributed by atoms with Gasteiger partial charge in [0.2, 0.25) is 0 Å². The number of amides is 1. The van der Waals surface area contributed by atoms with Crippen LogP contribution in [0.5, 0.6) is 0 Å². The van der Waals surface area contributed by atoms with Crippen molar-refractivity contribution in [1.82, 2.24) is 0 Å². The first-order valence-electron chi connectivity index (χ1n) is 8.57. The van der Waals surface area contributed by atoms with Crippen molar-refractivity contribution in [3.8, 4) is 0 Å². The van der Waals surface area contributed by atoms with Crippen molar-refractivity contribution in [2.75, 3.05) is 11.6 Å². The summed E-state index contributed by atoms with van der Waals surface area (Å²) in [6, 6.07) is 19.7. The first kappa shape index (κ1) is 19.5. The lowest BCUT2D eigenvalue weighted by atomic mass is 9.99. The average Bonchev–Trinajstić information content (AvgIpc) is 2.69. The first-order chi connectivity index (χ1) is 13.3. The number of anilines is 1. The van der Waals surface area contributed by atoms with Crippen LogP contribution in [0.15, 0.2) is 77.7 Å². The van der Waals surface area contributed by atoms with Gasteiger partial charge in [0.25, 0.3) is 5.91 Å². The minimum absolute atomic E-state index is 0.138. The number of hydrogen-bond acceptors (Lipinski definition) is 4. The summed E-state index contributed by atoms with van der Waals surface area (Å²) in [7, 11) is -3.33. The van der Waals surface area contributed by atoms with Crippen molar-refractivity contribution in [3.63, 3.8) is 0 Å². The second-order valence-electron chi connectivity index (χ2n) is 6.49. The van der Waals surface area contributed by atoms with Gasteiger partial charge in [-0.25, -0.2) is 8.42 Å². The summed E-state index contributed by atoms with van der Waals surface area (Å²) < 4.78 is 23.1. The molecule has 5 nitrogen and oxygen atoms in total. The van der Waals surface area contributed by atoms with Gasteiger partial charge in [-0.15, -0.1) is 0 Å². The minimum Gasteiger partial charge on any atom is -0.321 e. The molecule has 28 heavy (non-hydrogen) atoms. The molecule has 3 rings (SSSR count). The number of carbonyl (C=O) groups excluding carboxylic acids is 2. The van der Waals surface area contributed by atoms with E-state index in [0.29, 0.717) is 22.4 Å². The van der Waals surface area contributed by atoms with E-state index < -0.39 is 15.7 Å². The summed E-state index contributed by atoms with van der Waals surface area (Å²) in [5.74, 6) is -0.613. The fourth-order valence-electron chi connectivity index (χ4n) is 2.75. The molecule has 0 fully saturated rings. The number of rotatable bonds is 5. The van der Waals surface area contributed by atoms with Crippen LogP contribution in [-0.2, 0) is 9.84 Å². The molecular weight excluding hydrogens is 374 g/mol. The quantitative estimate of drug-likeness (QED) is 0.667. The smallest absolute Gasteiger partial charge is 0.255 e. The predicted molar refractivity (Wildman–Crippen MR) is 109 cm³/mol. The molecule has 3 aromatic rings. The molecule has 0 saturated carbocycles. The Hall–Kier alpha value is -3.25. The van der Waals surface area contributed by atoms with Gasteiger partial charge >= 0.3 is 0 Å². The summed E-state index contributed by atoms with van der Waals surface area (Å²) in [5, 5.41) is 2.75. The number of ketones is 1. The molecule has 0 saturated heterocycles. The molecule has 0 aliphatic carbocycles. The molecule has 1 N–H and O–H groups in total. The molecule has 0 radical (unpaired) electrons. The predicted octanol–water partition coefficient (Wildman–Crippen LogP) is 3.88. The Kier molecular flexibility index (Phi) is 5.42. The van der Waals surface area contributed by atoms with Gasteiger partial charge in [0, 0.05) is 22.9 Å². The molecule has 6 heteroatoms. The zero-order valence-corrected chi connectivity index (χ0v) is 16.3. The third-order valence-electron chi connectivity index (χ3n) is 4.25. The Morgan fingerprint density at radius 2 is 1.46 bits per heavy atom. The number of benzene rings is 3. The summed E-state index contributed by atoms with van der Waals surface area (Å²) in [6.07, 6.45) is 1.11. The number of carbonyl (C=O) groups is 2. The summed E-state index contributed by atoms with van der Waals surface area (Å²) in [6.45, 7) is 1.87. The Morgan fingerprint density at radius 3 is 2.07 bits per heavy atom. The van der Waals surface area contributed by atoms with Crippen molar-refractivity contribution in [2.24, 2.45) is 0 Å². The van der Waals surface area contributed by atoms with Gasteiger partial charge in [0.15, 0.2) is 15.6 Å². The van der Waals surface area contributed by atoms with Crippen LogP contribution in [0, 0.1) is 6.92 Å². The van der Waals surface area contributed by atoms with E-state index in [2.05, 4.69) is 5.32 Å². The summed E-state index contributed by atoms with van der Waals surface area (Å²) in [5.41, 5.74) is 2.52. The van der Waals surface area contributed by atoms with Gasteiger partial charge in [0.1, 0.15) is 0 Å². The largest absolute Gasteiger partial charge is 0.321 e. The topological polar surface area (TPSA) is 80.3 Å². The van der Waals surface area contributed by atoms with Gasteiger partial charge in [-0.05, 0) is 43.3 Å². The molecule has 1 amide bonds. The van der Waals surface area contributed by atoms with E-state index in [1.54, 1.807) is 36.4 Å². The van der Waals surface area contributed by atoms with Gasteiger partial charge in [0.05, 0.1) is 10.6 Å². The fourth-order valence-corrected chi connectivity index (χ4v) is 3.38. The number of sulfone groups is 1. The van der Waals surface area contributed by atoms with Gasteiger partial charge < -0.3 is 5.32 Å². The molecule has 0 spiro atoms. The Morgan fingerprint density at radius 1 is 0.821 bits per heavy atom. The normalized spacial score (nSPS) is 11.1. The molecule has 0 aliphatic rings. The number of hydrogen-bond donors (Lipinski definition) is 1. The molecule has 0 aromatic heterocycles. The third kappa shape index (κ3) is 4.35. The van der Waals surface area contributed by atoms with Crippen molar-refractivity contribution in [2.45, 2.75) is 11.8 Å². The van der Waals surface area contributed by atoms with E-state index in [1.807, 2.05) is 19.1 Å². The van der Waals surface area contributed by atoms with Crippen LogP contribution < -0.4 is 5.32 Å². The Labute approximate surface area is 164 Å². The van der Waals surface area contributed by atoms with Crippen molar-refractivity contribution >= 4 is 27.2 Å². The highest BCUT2D eigenvalue weighted by Gasteiger charge is 2.17. The Balaban J connectivity index is 1.90. The summed E-state index contributed by atoms with van der Waals surface area (Å²) in [4.78, 5) is 25.6. The van der Waals surface area contributed by atoms with Crippen LogP contribution in [0.3, 0.4) is 0 Å². The van der Waals surface area contributed by atoms with E-state index in [4.69, 9.17) is 0 Å². The minimum atomic E-state index is -3.33. The highest BCUT2D eigenvalue weighted by atomic mass is 32.2. The second-order valence-corrected chi connectivity index (χ2v) is 8.51. The lowest BCUT2D eigenvalue weighted by Crippen LogP contribution is -2.15. The zero-order chi connectivity index (χ0) is 20.3. The average molecular weight is 393 g/mol. The molecule has 0 atom stereocenters. The lowest BCUT2D eigenvalue weighted by Gasteiger charge is -2.12. The van der Waals surface area contributed by atoms with Gasteiger partial charge in [-0.2, -0.15) is 0 Å². The highest BCUT2D eigenvalue weighted by molar-refractivity contribution is 7.90. The first-order valence-corrected chi connectivity index (χ1v) is 10.5. The number of nitrogens with one attached hydrogen (secondary N) is 1. The number of aryl methyl sites for hydroxylation is 1. The van der Waals surface area contributed by atoms with Crippen molar-refractivity contribution in [1.29, 1.82) is 0 Å². The highest BCUT2D eigenvalue weighted by Crippen LogP contribution is 2.22. The SMILES string of the molecule is Cc1ccc(NC(=O)c2ccc(S(C)(=O)=O)cc2)c(C(=O)c2ccccc2)c1. The van der Waals surface area contributed by atoms with Crippen LogP contribution in [0.2, 0.25) is 0 Å². The maximum Gasteiger partial charge on any atom is 0.255 e. The van der Waals surface area contributed by atoms with Crippen LogP contribution in [0.4, 0.5) is 5.69 Å². The Bertz CT molecular complexity index is 1130. The maximum atomic E-state index is 12.9. The van der Waals surface area contributed by atoms with E-state index >= 15 is 0 Å². The van der Waals surface area contributed by atoms with E-state index in [1.165, 1.54) is 24.3 Å². The van der Waals surface area contributed by atoms with Crippen molar-refractivity contribution < 1.29 is 18.0 Å². The van der Waals surface area contributed by atoms with E-state index in [0.717, 1.165) is 11.8 Å². The molecule has 0 unspecified atom stereocenters. The van der Waals surface area contributed by atoms with Crippen LogP contribution in [0.1, 0.15) is 31.8 Å². The zero-order valence-electron chi connectivity index (χ0n) is 15.5. The summed E-state index contributed by atoms with van der Waals surface area (Å²) >= 11 is 0. The van der Waals surface area contributed by atoms with Crippen LogP contribution in [-0.4, -0.2) is 26.4 Å². The molecule has 142 valence electrons. The standard InChI is InChI=1S/C22H19NO4S/c1-15-8-13-20(19(14-15)21(24)16-6-4-3-5-7-16)23-22(25)17-9-11-18(12-10-17)28(2,26)27/h3-14H,1-2H3,(H,23,25). The monoisotopic (exact) mass is 393 g/mol. The van der Waals surface area contributed by atoms with E-state index in [9.17, 15) is 18.0 Å². The molecule has 0 bridgehead atoms. The molecule has 3 aromatic carbocycles. The van der Waals surface area contributed by atoms with Crippen LogP contribution >= 0.6 is 0 Å². The fraction of sp³-hybridized carbons (Fsp3) is 0.0909. The van der Waals surface area contributed by atoms with Crippen LogP contribution in [0.25, 0.3) is 0 Å². The maximum absolute atomic E-state index is 12.9. The van der Waals surface area contributed by atoms with E-state index in [-0.39, 0.29) is 10.7 Å². The van der Waals surface area contributed by atoms with Crippen molar-refractivity contribution in [3.05, 3.63) is 95.1 Å². The molecule has 0 heterocycles. The lowest BCUT2D eigenvalue weighted by molar-refractivity contribution is 0.102. The molecular formula is C22H19NO4S. The van der Waals surface area contributed by atoms with Gasteiger partial charge in [-0.1, -0.05) is 42.0 Å². The van der Waals surface area contributed by atoms with Gasteiger partial charge in [-0.3, -0.25) is 9.59 Å². The molecule has 0 aliphatic heterocycles.